The van der Waals surface area contributed by atoms with E-state index >= 15 is 0 Å². The van der Waals surface area contributed by atoms with E-state index < -0.39 is 0 Å². The minimum Gasteiger partial charge on any atom is -0.323 e. The zero-order valence-electron chi connectivity index (χ0n) is 11.6. The number of fused-ring (bicyclic) bond motifs is 1. The Bertz CT molecular complexity index is 570. The molecule has 0 amide bonds. The van der Waals surface area contributed by atoms with Crippen molar-refractivity contribution in [1.82, 2.24) is 14.9 Å². The molecule has 0 saturated heterocycles. The molecular formula is C14H20ClN3. The molecule has 0 radical (unpaired) electrons. The van der Waals surface area contributed by atoms with Crippen molar-refractivity contribution in [2.45, 2.75) is 39.3 Å². The maximum atomic E-state index is 6.33. The van der Waals surface area contributed by atoms with E-state index in [1.165, 1.54) is 0 Å². The van der Waals surface area contributed by atoms with Gasteiger partial charge in [-0.3, -0.25) is 0 Å². The Morgan fingerprint density at radius 1 is 1.33 bits per heavy atom. The highest BCUT2D eigenvalue weighted by molar-refractivity contribution is 6.35. The van der Waals surface area contributed by atoms with Gasteiger partial charge in [-0.1, -0.05) is 17.7 Å². The fourth-order valence-corrected chi connectivity index (χ4v) is 2.42. The van der Waals surface area contributed by atoms with Crippen LogP contribution in [0.5, 0.6) is 0 Å². The minimum atomic E-state index is -0.188. The zero-order valence-corrected chi connectivity index (χ0v) is 12.3. The molecule has 1 aromatic heterocycles. The van der Waals surface area contributed by atoms with E-state index in [9.17, 15) is 0 Å². The van der Waals surface area contributed by atoms with E-state index in [4.69, 9.17) is 16.6 Å². The summed E-state index contributed by atoms with van der Waals surface area (Å²) < 4.78 is 2.22. The minimum absolute atomic E-state index is 0.188. The second-order valence-corrected chi connectivity index (χ2v) is 5.79. The molecule has 0 aliphatic rings. The molecule has 3 nitrogen and oxygen atoms in total. The van der Waals surface area contributed by atoms with Crippen LogP contribution in [0.25, 0.3) is 11.0 Å². The highest BCUT2D eigenvalue weighted by Gasteiger charge is 2.27. The second-order valence-electron chi connectivity index (χ2n) is 5.38. The Balaban J connectivity index is 2.83. The van der Waals surface area contributed by atoms with Gasteiger partial charge in [0.05, 0.1) is 21.6 Å². The molecule has 0 atom stereocenters. The summed E-state index contributed by atoms with van der Waals surface area (Å²) in [5, 5.41) is 4.06. The predicted molar refractivity (Wildman–Crippen MR) is 77.2 cm³/mol. The number of hydrogen-bond donors (Lipinski definition) is 1. The number of imidazole rings is 1. The van der Waals surface area contributed by atoms with Gasteiger partial charge in [0.2, 0.25) is 0 Å². The van der Waals surface area contributed by atoms with E-state index in [1.54, 1.807) is 0 Å². The summed E-state index contributed by atoms with van der Waals surface area (Å²) in [6.45, 7) is 8.56. The number of hydrogen-bond acceptors (Lipinski definition) is 2. The van der Waals surface area contributed by atoms with Crippen LogP contribution < -0.4 is 5.32 Å². The van der Waals surface area contributed by atoms with Crippen molar-refractivity contribution in [3.8, 4) is 0 Å². The molecule has 4 heteroatoms. The van der Waals surface area contributed by atoms with E-state index in [0.29, 0.717) is 6.04 Å². The fourth-order valence-electron chi connectivity index (χ4n) is 2.16. The molecule has 0 aliphatic carbocycles. The zero-order chi connectivity index (χ0) is 13.5. The summed E-state index contributed by atoms with van der Waals surface area (Å²) in [5.74, 6) is 1.02. The molecule has 1 N–H and O–H groups in total. The van der Waals surface area contributed by atoms with Crippen molar-refractivity contribution in [2.75, 3.05) is 7.05 Å². The average molecular weight is 266 g/mol. The van der Waals surface area contributed by atoms with E-state index in [0.717, 1.165) is 21.9 Å². The van der Waals surface area contributed by atoms with Gasteiger partial charge in [0.15, 0.2) is 0 Å². The van der Waals surface area contributed by atoms with Crippen LogP contribution in [-0.2, 0) is 5.54 Å². The van der Waals surface area contributed by atoms with Gasteiger partial charge in [0.1, 0.15) is 5.82 Å². The van der Waals surface area contributed by atoms with Gasteiger partial charge in [-0.05, 0) is 46.9 Å². The highest BCUT2D eigenvalue weighted by Crippen LogP contribution is 2.31. The Morgan fingerprint density at radius 3 is 2.56 bits per heavy atom. The third-order valence-corrected chi connectivity index (χ3v) is 3.67. The number of halogens is 1. The number of benzene rings is 1. The smallest absolute Gasteiger partial charge is 0.129 e. The lowest BCUT2D eigenvalue weighted by Crippen LogP contribution is -2.36. The van der Waals surface area contributed by atoms with Gasteiger partial charge in [-0.25, -0.2) is 4.98 Å². The largest absolute Gasteiger partial charge is 0.323 e. The predicted octanol–water partition coefficient (Wildman–Crippen LogP) is 3.73. The normalized spacial score (nSPS) is 12.6. The Morgan fingerprint density at radius 2 is 2.00 bits per heavy atom. The maximum Gasteiger partial charge on any atom is 0.129 e. The van der Waals surface area contributed by atoms with Crippen molar-refractivity contribution in [3.63, 3.8) is 0 Å². The molecule has 2 aromatic rings. The first kappa shape index (κ1) is 13.4. The number of nitrogens with one attached hydrogen (secondary N) is 1. The molecule has 98 valence electrons. The number of para-hydroxylation sites is 1. The lowest BCUT2D eigenvalue weighted by atomic mass is 10.0. The third-order valence-electron chi connectivity index (χ3n) is 3.36. The molecule has 18 heavy (non-hydrogen) atoms. The van der Waals surface area contributed by atoms with Crippen LogP contribution in [0.15, 0.2) is 18.2 Å². The second kappa shape index (κ2) is 4.56. The highest BCUT2D eigenvalue weighted by atomic mass is 35.5. The molecular weight excluding hydrogens is 246 g/mol. The lowest BCUT2D eigenvalue weighted by molar-refractivity contribution is 0.387. The Labute approximate surface area is 113 Å². The van der Waals surface area contributed by atoms with Crippen molar-refractivity contribution in [2.24, 2.45) is 0 Å². The van der Waals surface area contributed by atoms with Crippen LogP contribution in [-0.4, -0.2) is 16.6 Å². The van der Waals surface area contributed by atoms with Crippen LogP contribution in [0.2, 0.25) is 5.02 Å². The summed E-state index contributed by atoms with van der Waals surface area (Å²) in [5.41, 5.74) is 1.79. The van der Waals surface area contributed by atoms with Crippen molar-refractivity contribution >= 4 is 22.6 Å². The van der Waals surface area contributed by atoms with Crippen LogP contribution in [0, 0.1) is 0 Å². The monoisotopic (exact) mass is 265 g/mol. The van der Waals surface area contributed by atoms with Gasteiger partial charge in [0, 0.05) is 6.04 Å². The molecule has 0 unspecified atom stereocenters. The molecule has 0 spiro atoms. The molecule has 1 heterocycles. The van der Waals surface area contributed by atoms with Gasteiger partial charge >= 0.3 is 0 Å². The first-order chi connectivity index (χ1) is 8.38. The first-order valence-corrected chi connectivity index (χ1v) is 6.62. The van der Waals surface area contributed by atoms with Gasteiger partial charge in [-0.2, -0.15) is 0 Å². The van der Waals surface area contributed by atoms with Crippen molar-refractivity contribution in [3.05, 3.63) is 29.0 Å². The van der Waals surface area contributed by atoms with E-state index in [1.807, 2.05) is 25.2 Å². The van der Waals surface area contributed by atoms with Crippen LogP contribution >= 0.6 is 11.6 Å². The molecule has 0 saturated carbocycles. The Kier molecular flexibility index (Phi) is 3.39. The van der Waals surface area contributed by atoms with Crippen molar-refractivity contribution < 1.29 is 0 Å². The third kappa shape index (κ3) is 2.02. The molecule has 1 aromatic carbocycles. The summed E-state index contributed by atoms with van der Waals surface area (Å²) in [4.78, 5) is 4.75. The van der Waals surface area contributed by atoms with Crippen LogP contribution in [0.4, 0.5) is 0 Å². The number of rotatable bonds is 3. The summed E-state index contributed by atoms with van der Waals surface area (Å²) in [6, 6.07) is 6.19. The summed E-state index contributed by atoms with van der Waals surface area (Å²) in [6.07, 6.45) is 0. The van der Waals surface area contributed by atoms with Gasteiger partial charge in [-0.15, -0.1) is 0 Å². The van der Waals surface area contributed by atoms with Crippen molar-refractivity contribution in [1.29, 1.82) is 0 Å². The summed E-state index contributed by atoms with van der Waals surface area (Å²) in [7, 11) is 1.95. The first-order valence-electron chi connectivity index (χ1n) is 6.24. The molecule has 0 fully saturated rings. The molecule has 0 aliphatic heterocycles. The topological polar surface area (TPSA) is 29.9 Å². The van der Waals surface area contributed by atoms with E-state index in [2.05, 4.69) is 37.6 Å². The number of nitrogens with zero attached hydrogens (tertiary/aromatic N) is 2. The SMILES string of the molecule is CNC(C)(C)c1nc2cccc(Cl)c2n1C(C)C. The average Bonchev–Trinajstić information content (AvgIpc) is 2.70. The molecule has 2 rings (SSSR count). The van der Waals surface area contributed by atoms with E-state index in [-0.39, 0.29) is 5.54 Å². The Hall–Kier alpha value is -1.06. The lowest BCUT2D eigenvalue weighted by Gasteiger charge is -2.26. The van der Waals surface area contributed by atoms with Crippen LogP contribution in [0.3, 0.4) is 0 Å². The quantitative estimate of drug-likeness (QED) is 0.917. The van der Waals surface area contributed by atoms with Gasteiger partial charge in [0.25, 0.3) is 0 Å². The fraction of sp³-hybridized carbons (Fsp3) is 0.500. The van der Waals surface area contributed by atoms with Crippen LogP contribution in [0.1, 0.15) is 39.6 Å². The number of aromatic nitrogens is 2. The molecule has 0 bridgehead atoms. The van der Waals surface area contributed by atoms with Gasteiger partial charge < -0.3 is 9.88 Å². The maximum absolute atomic E-state index is 6.33. The standard InChI is InChI=1S/C14H20ClN3/c1-9(2)18-12-10(15)7-6-8-11(12)17-13(18)14(3,4)16-5/h6-9,16H,1-5H3. The summed E-state index contributed by atoms with van der Waals surface area (Å²) >= 11 is 6.33.